The van der Waals surface area contributed by atoms with Gasteiger partial charge in [-0.15, -0.1) is 10.2 Å². The van der Waals surface area contributed by atoms with Crippen molar-refractivity contribution in [3.05, 3.63) is 47.2 Å². The Labute approximate surface area is 108 Å². The molecule has 1 aromatic carbocycles. The third-order valence-electron chi connectivity index (χ3n) is 2.55. The molecule has 0 amide bonds. The van der Waals surface area contributed by atoms with E-state index in [1.807, 2.05) is 19.1 Å². The molecule has 0 unspecified atom stereocenters. The molecule has 0 bridgehead atoms. The van der Waals surface area contributed by atoms with Crippen LogP contribution in [0, 0.1) is 6.92 Å². The van der Waals surface area contributed by atoms with E-state index in [0.29, 0.717) is 16.7 Å². The zero-order valence-corrected chi connectivity index (χ0v) is 10.3. The first-order valence-electron chi connectivity index (χ1n) is 5.34. The molecule has 0 spiro atoms. The summed E-state index contributed by atoms with van der Waals surface area (Å²) in [6.45, 7) is 1.95. The van der Waals surface area contributed by atoms with E-state index < -0.39 is 0 Å². The average molecular weight is 261 g/mol. The summed E-state index contributed by atoms with van der Waals surface area (Å²) < 4.78 is 5.19. The monoisotopic (exact) mass is 260 g/mol. The number of aromatic nitrogens is 4. The third-order valence-corrected chi connectivity index (χ3v) is 2.78. The highest BCUT2D eigenvalue weighted by atomic mass is 35.5. The van der Waals surface area contributed by atoms with Crippen molar-refractivity contribution in [2.45, 2.75) is 6.92 Å². The van der Waals surface area contributed by atoms with Gasteiger partial charge >= 0.3 is 0 Å². The van der Waals surface area contributed by atoms with Gasteiger partial charge in [-0.25, -0.2) is 0 Å². The van der Waals surface area contributed by atoms with E-state index in [0.717, 1.165) is 11.1 Å². The van der Waals surface area contributed by atoms with Gasteiger partial charge in [0.2, 0.25) is 11.7 Å². The van der Waals surface area contributed by atoms with E-state index in [4.69, 9.17) is 16.0 Å². The minimum Gasteiger partial charge on any atom is -0.445 e. The molecule has 0 saturated carbocycles. The molecule has 0 N–H and O–H groups in total. The summed E-state index contributed by atoms with van der Waals surface area (Å²) in [6.07, 6.45) is 1.56. The molecule has 0 aliphatic heterocycles. The highest BCUT2D eigenvalue weighted by Crippen LogP contribution is 2.22. The molecule has 0 aliphatic carbocycles. The standard InChI is InChI=1S/C12H9ClN4O/c1-8-7-9(13)4-5-10(8)12-14-16-17(15-12)11-3-2-6-18-11/h2-7H,1H3. The minimum absolute atomic E-state index is 0.528. The predicted molar refractivity (Wildman–Crippen MR) is 66.6 cm³/mol. The summed E-state index contributed by atoms with van der Waals surface area (Å²) in [4.78, 5) is 1.35. The van der Waals surface area contributed by atoms with Crippen molar-refractivity contribution in [3.8, 4) is 17.3 Å². The summed E-state index contributed by atoms with van der Waals surface area (Å²) in [6, 6.07) is 9.08. The number of tetrazole rings is 1. The zero-order chi connectivity index (χ0) is 12.5. The van der Waals surface area contributed by atoms with E-state index in [2.05, 4.69) is 15.4 Å². The van der Waals surface area contributed by atoms with Crippen LogP contribution in [0.4, 0.5) is 0 Å². The first kappa shape index (κ1) is 11.0. The SMILES string of the molecule is Cc1cc(Cl)ccc1-c1nnn(-c2ccco2)n1. The average Bonchev–Trinajstić information content (AvgIpc) is 2.99. The number of nitrogens with zero attached hydrogens (tertiary/aromatic N) is 4. The summed E-state index contributed by atoms with van der Waals surface area (Å²) in [7, 11) is 0. The number of halogens is 1. The second-order valence-corrected chi connectivity index (χ2v) is 4.25. The van der Waals surface area contributed by atoms with Gasteiger partial charge in [0.25, 0.3) is 0 Å². The Morgan fingerprint density at radius 3 is 2.89 bits per heavy atom. The molecule has 2 aromatic heterocycles. The first-order valence-corrected chi connectivity index (χ1v) is 5.72. The van der Waals surface area contributed by atoms with Crippen LogP contribution in [-0.4, -0.2) is 20.2 Å². The Kier molecular flexibility index (Phi) is 2.60. The van der Waals surface area contributed by atoms with Gasteiger partial charge in [0, 0.05) is 16.7 Å². The largest absolute Gasteiger partial charge is 0.445 e. The first-order chi connectivity index (χ1) is 8.74. The molecule has 3 aromatic rings. The van der Waals surface area contributed by atoms with Crippen LogP contribution >= 0.6 is 11.6 Å². The molecule has 5 nitrogen and oxygen atoms in total. The van der Waals surface area contributed by atoms with Gasteiger partial charge in [0.1, 0.15) is 0 Å². The van der Waals surface area contributed by atoms with E-state index in [9.17, 15) is 0 Å². The number of hydrogen-bond donors (Lipinski definition) is 0. The van der Waals surface area contributed by atoms with Gasteiger partial charge in [-0.2, -0.15) is 0 Å². The number of rotatable bonds is 2. The van der Waals surface area contributed by atoms with E-state index in [-0.39, 0.29) is 0 Å². The Morgan fingerprint density at radius 2 is 2.17 bits per heavy atom. The number of hydrogen-bond acceptors (Lipinski definition) is 4. The van der Waals surface area contributed by atoms with Gasteiger partial charge in [0.05, 0.1) is 6.26 Å². The van der Waals surface area contributed by atoms with Crippen LogP contribution in [0.3, 0.4) is 0 Å². The predicted octanol–water partition coefficient (Wildman–Crippen LogP) is 2.88. The fourth-order valence-corrected chi connectivity index (χ4v) is 1.90. The number of furan rings is 1. The molecule has 0 atom stereocenters. The molecule has 2 heterocycles. The van der Waals surface area contributed by atoms with Crippen molar-refractivity contribution in [1.29, 1.82) is 0 Å². The lowest BCUT2D eigenvalue weighted by Crippen LogP contribution is -1.96. The van der Waals surface area contributed by atoms with E-state index >= 15 is 0 Å². The maximum atomic E-state index is 5.91. The lowest BCUT2D eigenvalue weighted by molar-refractivity contribution is 0.494. The van der Waals surface area contributed by atoms with Crippen LogP contribution in [0.25, 0.3) is 17.3 Å². The van der Waals surface area contributed by atoms with Crippen LogP contribution in [0.1, 0.15) is 5.56 Å². The van der Waals surface area contributed by atoms with E-state index in [1.165, 1.54) is 4.80 Å². The molecule has 18 heavy (non-hydrogen) atoms. The van der Waals surface area contributed by atoms with Gasteiger partial charge < -0.3 is 4.42 Å². The molecule has 0 radical (unpaired) electrons. The van der Waals surface area contributed by atoms with Crippen molar-refractivity contribution in [3.63, 3.8) is 0 Å². The van der Waals surface area contributed by atoms with Gasteiger partial charge in [-0.05, 0) is 42.0 Å². The molecular formula is C12H9ClN4O. The molecule has 90 valence electrons. The lowest BCUT2D eigenvalue weighted by atomic mass is 10.1. The third kappa shape index (κ3) is 1.89. The molecule has 0 fully saturated rings. The van der Waals surface area contributed by atoms with Crippen LogP contribution in [-0.2, 0) is 0 Å². The van der Waals surface area contributed by atoms with Crippen molar-refractivity contribution in [2.75, 3.05) is 0 Å². The highest BCUT2D eigenvalue weighted by molar-refractivity contribution is 6.30. The summed E-state index contributed by atoms with van der Waals surface area (Å²) in [5, 5.41) is 12.9. The number of aryl methyl sites for hydroxylation is 1. The van der Waals surface area contributed by atoms with Crippen molar-refractivity contribution in [2.24, 2.45) is 0 Å². The van der Waals surface area contributed by atoms with Gasteiger partial charge in [0.15, 0.2) is 0 Å². The zero-order valence-electron chi connectivity index (χ0n) is 9.54. The van der Waals surface area contributed by atoms with Gasteiger partial charge in [-0.3, -0.25) is 0 Å². The highest BCUT2D eigenvalue weighted by Gasteiger charge is 2.11. The smallest absolute Gasteiger partial charge is 0.239 e. The van der Waals surface area contributed by atoms with Crippen LogP contribution in [0.15, 0.2) is 41.0 Å². The van der Waals surface area contributed by atoms with Gasteiger partial charge in [-0.1, -0.05) is 16.4 Å². The fourth-order valence-electron chi connectivity index (χ4n) is 1.68. The number of benzene rings is 1. The molecule has 0 aliphatic rings. The van der Waals surface area contributed by atoms with Crippen molar-refractivity contribution < 1.29 is 4.42 Å². The van der Waals surface area contributed by atoms with E-state index in [1.54, 1.807) is 24.5 Å². The van der Waals surface area contributed by atoms with Crippen molar-refractivity contribution in [1.82, 2.24) is 20.2 Å². The molecular weight excluding hydrogens is 252 g/mol. The molecule has 0 saturated heterocycles. The van der Waals surface area contributed by atoms with Crippen molar-refractivity contribution >= 4 is 11.6 Å². The topological polar surface area (TPSA) is 56.7 Å². The van der Waals surface area contributed by atoms with Crippen LogP contribution in [0.5, 0.6) is 0 Å². The molecule has 6 heteroatoms. The summed E-state index contributed by atoms with van der Waals surface area (Å²) in [5.74, 6) is 1.07. The fraction of sp³-hybridized carbons (Fsp3) is 0.0833. The van der Waals surface area contributed by atoms with Crippen LogP contribution < -0.4 is 0 Å². The normalized spacial score (nSPS) is 10.8. The Morgan fingerprint density at radius 1 is 1.28 bits per heavy atom. The maximum Gasteiger partial charge on any atom is 0.239 e. The lowest BCUT2D eigenvalue weighted by Gasteiger charge is -2.00. The summed E-state index contributed by atoms with van der Waals surface area (Å²) in [5.41, 5.74) is 1.90. The second-order valence-electron chi connectivity index (χ2n) is 3.81. The maximum absolute atomic E-state index is 5.91. The van der Waals surface area contributed by atoms with Crippen LogP contribution in [0.2, 0.25) is 5.02 Å². The Hall–Kier alpha value is -2.14. The second kappa shape index (κ2) is 4.27. The minimum atomic E-state index is 0.528. The Balaban J connectivity index is 2.03. The quantitative estimate of drug-likeness (QED) is 0.711. The Bertz CT molecular complexity index is 675. The molecule has 3 rings (SSSR count). The summed E-state index contributed by atoms with van der Waals surface area (Å²) >= 11 is 5.91.